The van der Waals surface area contributed by atoms with Crippen molar-refractivity contribution in [3.05, 3.63) is 48.2 Å². The second kappa shape index (κ2) is 16.8. The Morgan fingerprint density at radius 3 is 2.47 bits per heavy atom. The molecule has 4 heterocycles. The molecule has 13 nitrogen and oxygen atoms in total. The average Bonchev–Trinajstić information content (AvgIpc) is 3.47. The number of amides is 1. The molecule has 0 unspecified atom stereocenters. The van der Waals surface area contributed by atoms with Gasteiger partial charge in [-0.3, -0.25) is 14.6 Å². The fourth-order valence-corrected chi connectivity index (χ4v) is 9.05. The number of esters is 1. The minimum Gasteiger partial charge on any atom is -0.456 e. The monoisotopic (exact) mass is 765 g/mol. The molecule has 13 heteroatoms. The first-order chi connectivity index (χ1) is 25.9. The predicted molar refractivity (Wildman–Crippen MR) is 206 cm³/mol. The lowest BCUT2D eigenvalue weighted by Gasteiger charge is -2.47. The smallest absolute Gasteiger partial charge is 0.408 e. The molecular weight excluding hydrogens is 706 g/mol. The van der Waals surface area contributed by atoms with E-state index in [0.29, 0.717) is 19.3 Å². The van der Waals surface area contributed by atoms with Gasteiger partial charge in [0.2, 0.25) is 5.60 Å². The van der Waals surface area contributed by atoms with Gasteiger partial charge in [0, 0.05) is 35.4 Å². The third-order valence-corrected chi connectivity index (χ3v) is 12.2. The van der Waals surface area contributed by atoms with E-state index in [9.17, 15) is 29.4 Å². The number of aliphatic hydroxyl groups is 2. The summed E-state index contributed by atoms with van der Waals surface area (Å²) in [7, 11) is 1.74. The summed E-state index contributed by atoms with van der Waals surface area (Å²) in [5, 5.41) is 30.1. The number of ether oxygens (including phenoxy) is 4. The normalized spacial score (nSPS) is 39.3. The van der Waals surface area contributed by atoms with Crippen molar-refractivity contribution in [2.75, 3.05) is 7.05 Å². The van der Waals surface area contributed by atoms with Gasteiger partial charge in [-0.2, -0.15) is 0 Å². The number of allylic oxidation sites excluding steroid dienone is 1. The first-order valence-electron chi connectivity index (χ1n) is 19.5. The van der Waals surface area contributed by atoms with Crippen LogP contribution in [0.1, 0.15) is 93.1 Å². The third kappa shape index (κ3) is 8.66. The molecule has 302 valence electrons. The third-order valence-electron chi connectivity index (χ3n) is 12.2. The van der Waals surface area contributed by atoms with Gasteiger partial charge in [0.05, 0.1) is 23.8 Å². The van der Waals surface area contributed by atoms with Crippen LogP contribution in [0.3, 0.4) is 0 Å². The Hall–Kier alpha value is -3.75. The summed E-state index contributed by atoms with van der Waals surface area (Å²) in [6.07, 6.45) is 2.05. The van der Waals surface area contributed by atoms with Gasteiger partial charge in [-0.1, -0.05) is 65.0 Å². The minimum atomic E-state index is -2.63. The molecule has 0 bridgehead atoms. The van der Waals surface area contributed by atoms with Gasteiger partial charge in [-0.25, -0.2) is 9.59 Å². The highest BCUT2D eigenvalue weighted by Gasteiger charge is 2.58. The lowest BCUT2D eigenvalue weighted by molar-refractivity contribution is -0.281. The lowest BCUT2D eigenvalue weighted by Crippen LogP contribution is -2.60. The van der Waals surface area contributed by atoms with Crippen molar-refractivity contribution >= 4 is 40.6 Å². The highest BCUT2D eigenvalue weighted by atomic mass is 16.7. The zero-order valence-electron chi connectivity index (χ0n) is 33.5. The maximum atomic E-state index is 14.5. The molecule has 1 aromatic carbocycles. The van der Waals surface area contributed by atoms with E-state index in [1.165, 1.54) is 0 Å². The molecule has 0 saturated carbocycles. The number of fused-ring (bicyclic) bond motifs is 2. The second-order valence-electron chi connectivity index (χ2n) is 16.6. The number of hydrogen-bond acceptors (Lipinski definition) is 12. The lowest BCUT2D eigenvalue weighted by atomic mass is 9.66. The van der Waals surface area contributed by atoms with Crippen LogP contribution in [0.25, 0.3) is 17.0 Å². The van der Waals surface area contributed by atoms with E-state index in [1.54, 1.807) is 40.9 Å². The number of hydrogen-bond donors (Lipinski definition) is 4. The quantitative estimate of drug-likeness (QED) is 0.211. The van der Waals surface area contributed by atoms with Crippen LogP contribution in [0.2, 0.25) is 0 Å². The number of aromatic nitrogens is 1. The van der Waals surface area contributed by atoms with E-state index in [-0.39, 0.29) is 30.8 Å². The molecule has 0 radical (unpaired) electrons. The number of aliphatic hydroxyl groups excluding tert-OH is 1. The summed E-state index contributed by atoms with van der Waals surface area (Å²) in [5.74, 6) is -4.78. The van der Waals surface area contributed by atoms with Crippen LogP contribution in [0.4, 0.5) is 4.79 Å². The predicted octanol–water partition coefficient (Wildman–Crippen LogP) is 4.89. The standard InChI is InChI=1S/C42H59N3O10/c1-10-31-42(8)34(45-39(50)55-42)25(4)32(46)23(2)21-40(6,18-14-13-15-27-20-28-16-11-12-17-29(28)44-22-27)36(26(5)35(48)41(7,51)38(49)53-31)54-37-33(47)30(43-9)19-24(3)52-37/h11-13,15-17,20,22-26,30-31,33-34,36-37,43,47,51H,10,14,18-19,21H2,1-9H3,(H,45,50)/b15-13+/t23-,24-,25+,26+,30+,31-,33-,34-,36-,37+,40+,41+,42-/m1/s1. The number of alkyl carbamates (subject to hydrolysis) is 1. The summed E-state index contributed by atoms with van der Waals surface area (Å²) >= 11 is 0. The van der Waals surface area contributed by atoms with Crippen LogP contribution in [0, 0.1) is 23.2 Å². The Morgan fingerprint density at radius 2 is 1.78 bits per heavy atom. The Kier molecular flexibility index (Phi) is 12.9. The van der Waals surface area contributed by atoms with Crippen LogP contribution >= 0.6 is 0 Å². The van der Waals surface area contributed by atoms with Crippen LogP contribution in [-0.2, 0) is 33.3 Å². The first-order valence-corrected chi connectivity index (χ1v) is 19.5. The van der Waals surface area contributed by atoms with E-state index in [4.69, 9.17) is 18.9 Å². The van der Waals surface area contributed by atoms with Crippen molar-refractivity contribution < 1.29 is 48.3 Å². The van der Waals surface area contributed by atoms with Crippen molar-refractivity contribution in [2.24, 2.45) is 23.2 Å². The van der Waals surface area contributed by atoms with Crippen molar-refractivity contribution in [2.45, 2.75) is 141 Å². The van der Waals surface area contributed by atoms with Gasteiger partial charge >= 0.3 is 12.1 Å². The molecule has 2 aromatic rings. The summed E-state index contributed by atoms with van der Waals surface area (Å²) in [6.45, 7) is 13.3. The number of carbonyl (C=O) groups excluding carboxylic acids is 4. The maximum absolute atomic E-state index is 14.5. The number of nitrogens with zero attached hydrogens (tertiary/aromatic N) is 1. The van der Waals surface area contributed by atoms with E-state index in [1.807, 2.05) is 63.3 Å². The van der Waals surface area contributed by atoms with E-state index >= 15 is 0 Å². The fourth-order valence-electron chi connectivity index (χ4n) is 9.05. The highest BCUT2D eigenvalue weighted by molar-refractivity contribution is 6.07. The first kappa shape index (κ1) is 42.4. The molecule has 55 heavy (non-hydrogen) atoms. The molecule has 1 aromatic heterocycles. The average molecular weight is 766 g/mol. The fraction of sp³-hybridized carbons (Fsp3) is 0.643. The van der Waals surface area contributed by atoms with Crippen molar-refractivity contribution in [1.82, 2.24) is 15.6 Å². The number of cyclic esters (lactones) is 1. The number of Topliss-reactive ketones (excluding diaryl/α,β-unsaturated/α-hetero) is 2. The number of ketones is 2. The molecule has 4 N–H and O–H groups in total. The Balaban J connectivity index is 1.58. The highest BCUT2D eigenvalue weighted by Crippen LogP contribution is 2.45. The van der Waals surface area contributed by atoms with Gasteiger partial charge < -0.3 is 39.8 Å². The van der Waals surface area contributed by atoms with Gasteiger partial charge in [0.25, 0.3) is 0 Å². The number of para-hydroxylation sites is 1. The molecule has 0 aliphatic carbocycles. The molecular formula is C42H59N3O10. The topological polar surface area (TPSA) is 183 Å². The number of rotatable bonds is 8. The van der Waals surface area contributed by atoms with E-state index < -0.39 is 82.9 Å². The van der Waals surface area contributed by atoms with Gasteiger partial charge in [-0.15, -0.1) is 0 Å². The van der Waals surface area contributed by atoms with Crippen LogP contribution in [-0.4, -0.2) is 99.9 Å². The summed E-state index contributed by atoms with van der Waals surface area (Å²) in [6, 6.07) is 8.63. The number of pyridine rings is 1. The Labute approximate surface area is 323 Å². The van der Waals surface area contributed by atoms with Crippen LogP contribution in [0.15, 0.2) is 42.6 Å². The van der Waals surface area contributed by atoms with Gasteiger partial charge in [-0.05, 0) is 83.0 Å². The maximum Gasteiger partial charge on any atom is 0.408 e. The van der Waals surface area contributed by atoms with E-state index in [0.717, 1.165) is 23.4 Å². The van der Waals surface area contributed by atoms with Crippen molar-refractivity contribution in [3.63, 3.8) is 0 Å². The number of benzene rings is 1. The molecule has 0 spiro atoms. The molecule has 5 rings (SSSR count). The molecule has 3 saturated heterocycles. The van der Waals surface area contributed by atoms with Gasteiger partial charge in [0.15, 0.2) is 17.7 Å². The SMILES string of the molecule is CC[C@H]1OC(=O)[C@@](C)(O)C(=O)[C@H](C)[C@@H](O[C@@H]2O[C@H](C)C[C@H](NC)[C@H]2O)[C@@](C)(CC/C=C/c2cnc3ccccc3c2)C[C@@H](C)C(=O)[C@H](C)[C@H]2NC(=O)O[C@@]21C. The summed E-state index contributed by atoms with van der Waals surface area (Å²) < 4.78 is 24.4. The van der Waals surface area contributed by atoms with Crippen molar-refractivity contribution in [1.29, 1.82) is 0 Å². The zero-order valence-corrected chi connectivity index (χ0v) is 33.5. The van der Waals surface area contributed by atoms with E-state index in [2.05, 4.69) is 15.6 Å². The molecule has 3 aliphatic heterocycles. The second-order valence-corrected chi connectivity index (χ2v) is 16.6. The summed E-state index contributed by atoms with van der Waals surface area (Å²) in [4.78, 5) is 60.1. The number of nitrogens with one attached hydrogen (secondary N) is 2. The summed E-state index contributed by atoms with van der Waals surface area (Å²) in [5.41, 5.74) is -3.31. The molecule has 3 fully saturated rings. The largest absolute Gasteiger partial charge is 0.456 e. The van der Waals surface area contributed by atoms with Crippen LogP contribution in [0.5, 0.6) is 0 Å². The number of carbonyl (C=O) groups is 4. The zero-order chi connectivity index (χ0) is 40.5. The van der Waals surface area contributed by atoms with Crippen molar-refractivity contribution in [3.8, 4) is 0 Å². The molecule has 1 amide bonds. The molecule has 3 aliphatic rings. The number of likely N-dealkylation sites (N-methyl/N-ethyl adjacent to an activating group) is 1. The minimum absolute atomic E-state index is 0.160. The Morgan fingerprint density at radius 1 is 1.07 bits per heavy atom. The Bertz CT molecular complexity index is 1770. The van der Waals surface area contributed by atoms with Crippen LogP contribution < -0.4 is 10.6 Å². The van der Waals surface area contributed by atoms with Gasteiger partial charge in [0.1, 0.15) is 18.0 Å². The molecule has 13 atom stereocenters.